The fourth-order valence-electron chi connectivity index (χ4n) is 3.11. The van der Waals surface area contributed by atoms with Gasteiger partial charge in [0.1, 0.15) is 23.1 Å². The van der Waals surface area contributed by atoms with E-state index in [1.165, 1.54) is 12.1 Å². The second-order valence-corrected chi connectivity index (χ2v) is 8.23. The molecule has 0 aliphatic heterocycles. The van der Waals surface area contributed by atoms with Gasteiger partial charge in [-0.05, 0) is 43.0 Å². The van der Waals surface area contributed by atoms with Crippen molar-refractivity contribution >= 4 is 23.4 Å². The summed E-state index contributed by atoms with van der Waals surface area (Å²) in [5, 5.41) is 3.22. The van der Waals surface area contributed by atoms with E-state index in [1.807, 2.05) is 30.3 Å². The van der Waals surface area contributed by atoms with Crippen molar-refractivity contribution in [3.8, 4) is 0 Å². The third kappa shape index (κ3) is 7.64. The van der Waals surface area contributed by atoms with E-state index in [-0.39, 0.29) is 19.6 Å². The number of hydrogen-bond donors (Lipinski definition) is 1. The Balaban J connectivity index is 1.56. The Kier molecular flexibility index (Phi) is 8.88. The van der Waals surface area contributed by atoms with Crippen LogP contribution < -0.4 is 5.32 Å². The smallest absolute Gasteiger partial charge is 0.407 e. The van der Waals surface area contributed by atoms with Gasteiger partial charge in [-0.2, -0.15) is 0 Å². The van der Waals surface area contributed by atoms with Crippen LogP contribution in [0, 0.1) is 11.6 Å². The highest BCUT2D eigenvalue weighted by Crippen LogP contribution is 2.24. The van der Waals surface area contributed by atoms with Crippen molar-refractivity contribution in [3.63, 3.8) is 0 Å². The number of rotatable bonds is 10. The number of hydrogen-bond acceptors (Lipinski definition) is 6. The molecular formula is C24H24F2N2O4S. The minimum Gasteiger partial charge on any atom is -0.462 e. The molecule has 0 saturated heterocycles. The number of benzene rings is 2. The zero-order chi connectivity index (χ0) is 23.6. The van der Waals surface area contributed by atoms with E-state index in [1.54, 1.807) is 6.92 Å². The molecule has 0 fully saturated rings. The van der Waals surface area contributed by atoms with Gasteiger partial charge in [-0.1, -0.05) is 30.3 Å². The van der Waals surface area contributed by atoms with Gasteiger partial charge in [0.05, 0.1) is 17.3 Å². The Morgan fingerprint density at radius 1 is 1.03 bits per heavy atom. The first kappa shape index (κ1) is 24.3. The molecule has 174 valence electrons. The molecule has 0 spiro atoms. The number of aryl methyl sites for hydroxylation is 1. The third-order valence-corrected chi connectivity index (χ3v) is 5.63. The number of nitrogens with one attached hydrogen (secondary N) is 1. The normalized spacial score (nSPS) is 10.6. The van der Waals surface area contributed by atoms with Crippen LogP contribution in [0.4, 0.5) is 13.6 Å². The monoisotopic (exact) mass is 474 g/mol. The zero-order valence-electron chi connectivity index (χ0n) is 18.1. The summed E-state index contributed by atoms with van der Waals surface area (Å²) in [6.07, 6.45) is 0.596. The van der Waals surface area contributed by atoms with E-state index in [4.69, 9.17) is 9.47 Å². The van der Waals surface area contributed by atoms with Crippen LogP contribution in [0.3, 0.4) is 0 Å². The van der Waals surface area contributed by atoms with Crippen molar-refractivity contribution in [1.82, 2.24) is 10.3 Å². The molecule has 0 saturated carbocycles. The topological polar surface area (TPSA) is 77.5 Å². The number of halogens is 2. The van der Waals surface area contributed by atoms with Gasteiger partial charge >= 0.3 is 12.1 Å². The van der Waals surface area contributed by atoms with Crippen LogP contribution in [0.5, 0.6) is 0 Å². The standard InChI is InChI=1S/C24H24F2N2O4S/c1-2-31-23(29)22-20(28-21(33-22)13-17-11-18(25)14-19(26)12-17)9-6-10-27-24(30)32-15-16-7-4-3-5-8-16/h3-5,7-8,11-12,14H,2,6,9-10,13,15H2,1H3,(H,27,30). The SMILES string of the molecule is CCOC(=O)c1sc(Cc2cc(F)cc(F)c2)nc1CCCNC(=O)OCc1ccccc1. The summed E-state index contributed by atoms with van der Waals surface area (Å²) in [5.74, 6) is -1.83. The summed E-state index contributed by atoms with van der Waals surface area (Å²) in [6.45, 7) is 2.43. The van der Waals surface area contributed by atoms with Gasteiger partial charge in [-0.3, -0.25) is 0 Å². The van der Waals surface area contributed by atoms with Crippen LogP contribution in [0.1, 0.15) is 44.8 Å². The summed E-state index contributed by atoms with van der Waals surface area (Å²) >= 11 is 1.14. The number of thiazole rings is 1. The van der Waals surface area contributed by atoms with Gasteiger partial charge in [0, 0.05) is 19.0 Å². The van der Waals surface area contributed by atoms with Gasteiger partial charge in [0.2, 0.25) is 0 Å². The molecule has 33 heavy (non-hydrogen) atoms. The minimum absolute atomic E-state index is 0.176. The second-order valence-electron chi connectivity index (χ2n) is 7.15. The predicted octanol–water partition coefficient (Wildman–Crippen LogP) is 5.05. The maximum Gasteiger partial charge on any atom is 0.407 e. The summed E-state index contributed by atoms with van der Waals surface area (Å²) in [4.78, 5) is 29.1. The number of ether oxygens (including phenoxy) is 2. The van der Waals surface area contributed by atoms with Crippen molar-refractivity contribution in [2.75, 3.05) is 13.2 Å². The average molecular weight is 475 g/mol. The lowest BCUT2D eigenvalue weighted by atomic mass is 10.1. The van der Waals surface area contributed by atoms with E-state index in [0.29, 0.717) is 40.5 Å². The summed E-state index contributed by atoms with van der Waals surface area (Å²) < 4.78 is 37.3. The van der Waals surface area contributed by atoms with Crippen LogP contribution in [0.25, 0.3) is 0 Å². The second kappa shape index (κ2) is 12.1. The molecule has 0 aliphatic rings. The van der Waals surface area contributed by atoms with Crippen molar-refractivity contribution in [3.05, 3.63) is 86.9 Å². The first-order valence-electron chi connectivity index (χ1n) is 10.5. The van der Waals surface area contributed by atoms with E-state index in [0.717, 1.165) is 23.0 Å². The Labute approximate surface area is 194 Å². The Bertz CT molecular complexity index is 1070. The highest BCUT2D eigenvalue weighted by atomic mass is 32.1. The Morgan fingerprint density at radius 3 is 2.45 bits per heavy atom. The van der Waals surface area contributed by atoms with E-state index in [9.17, 15) is 18.4 Å². The number of aromatic nitrogens is 1. The summed E-state index contributed by atoms with van der Waals surface area (Å²) in [5.41, 5.74) is 1.84. The van der Waals surface area contributed by atoms with Crippen LogP contribution in [0.2, 0.25) is 0 Å². The number of alkyl carbamates (subject to hydrolysis) is 1. The molecule has 0 atom stereocenters. The van der Waals surface area contributed by atoms with Gasteiger partial charge in [-0.15, -0.1) is 11.3 Å². The first-order valence-corrected chi connectivity index (χ1v) is 11.3. The molecule has 2 aromatic carbocycles. The van der Waals surface area contributed by atoms with Gasteiger partial charge < -0.3 is 14.8 Å². The molecule has 1 aromatic heterocycles. The number of esters is 1. The van der Waals surface area contributed by atoms with E-state index in [2.05, 4.69) is 10.3 Å². The van der Waals surface area contributed by atoms with Gasteiger partial charge in [0.25, 0.3) is 0 Å². The summed E-state index contributed by atoms with van der Waals surface area (Å²) in [6, 6.07) is 12.6. The number of carbonyl (C=O) groups excluding carboxylic acids is 2. The number of amides is 1. The quantitative estimate of drug-likeness (QED) is 0.329. The maximum absolute atomic E-state index is 13.5. The lowest BCUT2D eigenvalue weighted by molar-refractivity contribution is 0.0530. The van der Waals surface area contributed by atoms with Crippen molar-refractivity contribution < 1.29 is 27.8 Å². The maximum atomic E-state index is 13.5. The van der Waals surface area contributed by atoms with E-state index < -0.39 is 23.7 Å². The Hall–Kier alpha value is -3.33. The predicted molar refractivity (Wildman–Crippen MR) is 120 cm³/mol. The van der Waals surface area contributed by atoms with Gasteiger partial charge in [0.15, 0.2) is 0 Å². The van der Waals surface area contributed by atoms with Crippen LogP contribution in [-0.2, 0) is 28.9 Å². The molecule has 0 bridgehead atoms. The van der Waals surface area contributed by atoms with Crippen molar-refractivity contribution in [2.45, 2.75) is 32.8 Å². The lowest BCUT2D eigenvalue weighted by Gasteiger charge is -2.07. The first-order chi connectivity index (χ1) is 15.9. The molecule has 0 radical (unpaired) electrons. The van der Waals surface area contributed by atoms with E-state index >= 15 is 0 Å². The largest absolute Gasteiger partial charge is 0.462 e. The highest BCUT2D eigenvalue weighted by molar-refractivity contribution is 7.13. The highest BCUT2D eigenvalue weighted by Gasteiger charge is 2.19. The molecular weight excluding hydrogens is 450 g/mol. The van der Waals surface area contributed by atoms with Crippen LogP contribution in [-0.4, -0.2) is 30.2 Å². The van der Waals surface area contributed by atoms with Gasteiger partial charge in [-0.25, -0.2) is 23.4 Å². The van der Waals surface area contributed by atoms with Crippen LogP contribution in [0.15, 0.2) is 48.5 Å². The van der Waals surface area contributed by atoms with Crippen molar-refractivity contribution in [1.29, 1.82) is 0 Å². The minimum atomic E-state index is -0.669. The van der Waals surface area contributed by atoms with Crippen LogP contribution >= 0.6 is 11.3 Å². The Morgan fingerprint density at radius 2 is 1.76 bits per heavy atom. The molecule has 6 nitrogen and oxygen atoms in total. The average Bonchev–Trinajstić information content (AvgIpc) is 3.18. The summed E-state index contributed by atoms with van der Waals surface area (Å²) in [7, 11) is 0. The van der Waals surface area contributed by atoms with Crippen molar-refractivity contribution in [2.24, 2.45) is 0 Å². The fraction of sp³-hybridized carbons (Fsp3) is 0.292. The molecule has 0 aliphatic carbocycles. The fourth-order valence-corrected chi connectivity index (χ4v) is 4.15. The zero-order valence-corrected chi connectivity index (χ0v) is 18.9. The molecule has 9 heteroatoms. The molecule has 1 heterocycles. The number of carbonyl (C=O) groups is 2. The third-order valence-electron chi connectivity index (χ3n) is 4.55. The number of nitrogens with zero attached hydrogens (tertiary/aromatic N) is 1. The molecule has 3 aromatic rings. The lowest BCUT2D eigenvalue weighted by Crippen LogP contribution is -2.25. The molecule has 3 rings (SSSR count). The molecule has 0 unspecified atom stereocenters. The molecule has 1 N–H and O–H groups in total. The molecule has 1 amide bonds.